The predicted molar refractivity (Wildman–Crippen MR) is 78.5 cm³/mol. The van der Waals surface area contributed by atoms with Gasteiger partial charge in [0.25, 0.3) is 0 Å². The zero-order chi connectivity index (χ0) is 14.5. The van der Waals surface area contributed by atoms with Crippen LogP contribution in [0, 0.1) is 5.41 Å². The molecule has 0 saturated heterocycles. The zero-order valence-electron chi connectivity index (χ0n) is 12.0. The summed E-state index contributed by atoms with van der Waals surface area (Å²) in [5.74, 6) is 0.728. The van der Waals surface area contributed by atoms with Crippen molar-refractivity contribution in [2.24, 2.45) is 5.41 Å². The number of amides is 1. The molecule has 0 heterocycles. The van der Waals surface area contributed by atoms with Gasteiger partial charge in [-0.25, -0.2) is 0 Å². The van der Waals surface area contributed by atoms with Crippen molar-refractivity contribution >= 4 is 17.5 Å². The Morgan fingerprint density at radius 3 is 2.58 bits per heavy atom. The van der Waals surface area contributed by atoms with E-state index in [4.69, 9.17) is 16.3 Å². The van der Waals surface area contributed by atoms with Gasteiger partial charge in [-0.1, -0.05) is 38.4 Å². The van der Waals surface area contributed by atoms with Crippen LogP contribution >= 0.6 is 11.6 Å². The van der Waals surface area contributed by atoms with Crippen molar-refractivity contribution < 1.29 is 9.53 Å². The van der Waals surface area contributed by atoms with Crippen LogP contribution in [0.3, 0.4) is 0 Å². The van der Waals surface area contributed by atoms with Crippen molar-refractivity contribution in [3.8, 4) is 5.75 Å². The molecule has 1 aromatic carbocycles. The van der Waals surface area contributed by atoms with Crippen molar-refractivity contribution in [2.75, 3.05) is 6.61 Å². The fourth-order valence-corrected chi connectivity index (χ4v) is 1.93. The molecular weight excluding hydrogens is 262 g/mol. The lowest BCUT2D eigenvalue weighted by atomic mass is 9.92. The molecule has 19 heavy (non-hydrogen) atoms. The normalized spacial score (nSPS) is 11.2. The van der Waals surface area contributed by atoms with Crippen molar-refractivity contribution in [2.45, 2.75) is 40.7 Å². The average molecular weight is 284 g/mol. The Labute approximate surface area is 120 Å². The molecule has 1 aromatic rings. The first kappa shape index (κ1) is 15.8. The van der Waals surface area contributed by atoms with Gasteiger partial charge in [-0.15, -0.1) is 0 Å². The third-order valence-electron chi connectivity index (χ3n) is 2.48. The number of carbonyl (C=O) groups excluding carboxylic acids is 1. The molecule has 0 aliphatic rings. The summed E-state index contributed by atoms with van der Waals surface area (Å²) >= 11 is 6.09. The van der Waals surface area contributed by atoms with Crippen LogP contribution in [0.25, 0.3) is 0 Å². The first-order chi connectivity index (χ1) is 8.81. The predicted octanol–water partition coefficient (Wildman–Crippen LogP) is 3.79. The molecule has 0 saturated carbocycles. The molecule has 0 aromatic heterocycles. The maximum atomic E-state index is 11.7. The van der Waals surface area contributed by atoms with Gasteiger partial charge in [0.15, 0.2) is 0 Å². The minimum Gasteiger partial charge on any atom is -0.492 e. The Bertz CT molecular complexity index is 438. The molecule has 0 aliphatic carbocycles. The van der Waals surface area contributed by atoms with E-state index in [0.717, 1.165) is 5.56 Å². The average Bonchev–Trinajstić information content (AvgIpc) is 2.27. The SMILES string of the molecule is CCOc1ccc(CNC(=O)CC(C)(C)C)cc1Cl. The quantitative estimate of drug-likeness (QED) is 0.893. The first-order valence-corrected chi connectivity index (χ1v) is 6.87. The van der Waals surface area contributed by atoms with Crippen molar-refractivity contribution in [3.05, 3.63) is 28.8 Å². The van der Waals surface area contributed by atoms with Crippen LogP contribution in [-0.4, -0.2) is 12.5 Å². The fraction of sp³-hybridized carbons (Fsp3) is 0.533. The number of carbonyl (C=O) groups is 1. The Kier molecular flexibility index (Phi) is 5.67. The number of hydrogen-bond acceptors (Lipinski definition) is 2. The molecule has 0 aliphatic heterocycles. The van der Waals surface area contributed by atoms with E-state index in [1.54, 1.807) is 0 Å². The number of rotatable bonds is 5. The topological polar surface area (TPSA) is 38.3 Å². The van der Waals surface area contributed by atoms with Crippen LogP contribution in [0.4, 0.5) is 0 Å². The smallest absolute Gasteiger partial charge is 0.220 e. The Morgan fingerprint density at radius 2 is 2.05 bits per heavy atom. The van der Waals surface area contributed by atoms with Crippen LogP contribution in [-0.2, 0) is 11.3 Å². The maximum absolute atomic E-state index is 11.7. The molecule has 1 rings (SSSR count). The van der Waals surface area contributed by atoms with Gasteiger partial charge in [-0.3, -0.25) is 4.79 Å². The highest BCUT2D eigenvalue weighted by atomic mass is 35.5. The van der Waals surface area contributed by atoms with Crippen LogP contribution < -0.4 is 10.1 Å². The largest absolute Gasteiger partial charge is 0.492 e. The summed E-state index contributed by atoms with van der Waals surface area (Å²) in [7, 11) is 0. The lowest BCUT2D eigenvalue weighted by Gasteiger charge is -2.17. The summed E-state index contributed by atoms with van der Waals surface area (Å²) in [4.78, 5) is 11.7. The summed E-state index contributed by atoms with van der Waals surface area (Å²) in [6, 6.07) is 5.56. The van der Waals surface area contributed by atoms with Gasteiger partial charge < -0.3 is 10.1 Å². The molecule has 4 heteroatoms. The summed E-state index contributed by atoms with van der Waals surface area (Å²) in [6.45, 7) is 9.11. The Balaban J connectivity index is 2.54. The van der Waals surface area contributed by atoms with Gasteiger partial charge in [-0.05, 0) is 30.0 Å². The van der Waals surface area contributed by atoms with Crippen LogP contribution in [0.2, 0.25) is 5.02 Å². The molecule has 0 spiro atoms. The summed E-state index contributed by atoms with van der Waals surface area (Å²) in [5, 5.41) is 3.47. The Morgan fingerprint density at radius 1 is 1.37 bits per heavy atom. The monoisotopic (exact) mass is 283 g/mol. The van der Waals surface area contributed by atoms with E-state index >= 15 is 0 Å². The molecule has 0 unspecified atom stereocenters. The number of nitrogens with one attached hydrogen (secondary N) is 1. The Hall–Kier alpha value is -1.22. The fourth-order valence-electron chi connectivity index (χ4n) is 1.67. The van der Waals surface area contributed by atoms with Crippen LogP contribution in [0.15, 0.2) is 18.2 Å². The number of benzene rings is 1. The second-order valence-corrected chi connectivity index (χ2v) is 6.12. The number of hydrogen-bond donors (Lipinski definition) is 1. The zero-order valence-corrected chi connectivity index (χ0v) is 12.8. The molecule has 0 radical (unpaired) electrons. The molecule has 0 bridgehead atoms. The molecule has 1 amide bonds. The first-order valence-electron chi connectivity index (χ1n) is 6.50. The highest BCUT2D eigenvalue weighted by Gasteiger charge is 2.15. The van der Waals surface area contributed by atoms with Gasteiger partial charge in [0.1, 0.15) is 5.75 Å². The van der Waals surface area contributed by atoms with Gasteiger partial charge >= 0.3 is 0 Å². The lowest BCUT2D eigenvalue weighted by molar-refractivity contribution is -0.122. The third-order valence-corrected chi connectivity index (χ3v) is 2.77. The third kappa shape index (κ3) is 5.97. The van der Waals surface area contributed by atoms with E-state index in [-0.39, 0.29) is 11.3 Å². The minimum atomic E-state index is 0.000547. The van der Waals surface area contributed by atoms with Crippen molar-refractivity contribution in [3.63, 3.8) is 0 Å². The van der Waals surface area contributed by atoms with Gasteiger partial charge in [0.05, 0.1) is 11.6 Å². The molecular formula is C15H22ClNO2. The van der Waals surface area contributed by atoms with Gasteiger partial charge in [-0.2, -0.15) is 0 Å². The van der Waals surface area contributed by atoms with Crippen LogP contribution in [0.5, 0.6) is 5.75 Å². The van der Waals surface area contributed by atoms with Crippen LogP contribution in [0.1, 0.15) is 39.7 Å². The summed E-state index contributed by atoms with van der Waals surface area (Å²) in [6.07, 6.45) is 0.512. The van der Waals surface area contributed by atoms with Crippen molar-refractivity contribution in [1.82, 2.24) is 5.32 Å². The summed E-state index contributed by atoms with van der Waals surface area (Å²) < 4.78 is 5.36. The summed E-state index contributed by atoms with van der Waals surface area (Å²) in [5.41, 5.74) is 0.969. The molecule has 0 fully saturated rings. The van der Waals surface area contributed by atoms with E-state index in [0.29, 0.717) is 30.3 Å². The highest BCUT2D eigenvalue weighted by Crippen LogP contribution is 2.25. The van der Waals surface area contributed by atoms with E-state index in [1.807, 2.05) is 45.9 Å². The van der Waals surface area contributed by atoms with Gasteiger partial charge in [0, 0.05) is 13.0 Å². The van der Waals surface area contributed by atoms with E-state index in [9.17, 15) is 4.79 Å². The molecule has 0 atom stereocenters. The van der Waals surface area contributed by atoms with Crippen molar-refractivity contribution in [1.29, 1.82) is 0 Å². The number of ether oxygens (including phenoxy) is 1. The molecule has 1 N–H and O–H groups in total. The lowest BCUT2D eigenvalue weighted by Crippen LogP contribution is -2.27. The van der Waals surface area contributed by atoms with Gasteiger partial charge in [0.2, 0.25) is 5.91 Å². The highest BCUT2D eigenvalue weighted by molar-refractivity contribution is 6.32. The second kappa shape index (κ2) is 6.80. The minimum absolute atomic E-state index is 0.000547. The maximum Gasteiger partial charge on any atom is 0.220 e. The van der Waals surface area contributed by atoms with E-state index in [1.165, 1.54) is 0 Å². The second-order valence-electron chi connectivity index (χ2n) is 5.71. The molecule has 106 valence electrons. The van der Waals surface area contributed by atoms with E-state index in [2.05, 4.69) is 5.32 Å². The standard InChI is InChI=1S/C15H22ClNO2/c1-5-19-13-7-6-11(8-12(13)16)10-17-14(18)9-15(2,3)4/h6-8H,5,9-10H2,1-4H3,(H,17,18). The molecule has 3 nitrogen and oxygen atoms in total. The van der Waals surface area contributed by atoms with E-state index < -0.39 is 0 Å². The number of halogens is 1.